The van der Waals surface area contributed by atoms with Gasteiger partial charge in [-0.15, -0.1) is 0 Å². The van der Waals surface area contributed by atoms with Gasteiger partial charge in [-0.25, -0.2) is 13.6 Å². The lowest BCUT2D eigenvalue weighted by atomic mass is 9.83. The van der Waals surface area contributed by atoms with Gasteiger partial charge in [0.2, 0.25) is 17.7 Å². The van der Waals surface area contributed by atoms with E-state index in [-0.39, 0.29) is 6.04 Å². The minimum atomic E-state index is -4.70. The molecule has 39 heavy (non-hydrogen) atoms. The summed E-state index contributed by atoms with van der Waals surface area (Å²) in [4.78, 5) is 51.3. The lowest BCUT2D eigenvalue weighted by Gasteiger charge is -2.43. The zero-order valence-corrected chi connectivity index (χ0v) is 22.3. The highest BCUT2D eigenvalue weighted by molar-refractivity contribution is 5.92. The summed E-state index contributed by atoms with van der Waals surface area (Å²) in [5.41, 5.74) is -1.02. The summed E-state index contributed by atoms with van der Waals surface area (Å²) < 4.78 is 68.0. The van der Waals surface area contributed by atoms with Gasteiger partial charge in [0.1, 0.15) is 12.1 Å². The second-order valence-electron chi connectivity index (χ2n) is 11.5. The van der Waals surface area contributed by atoms with Crippen LogP contribution in [0.4, 0.5) is 26.7 Å². The van der Waals surface area contributed by atoms with Crippen LogP contribution in [0, 0.1) is 11.3 Å². The highest BCUT2D eigenvalue weighted by Crippen LogP contribution is 2.37. The first-order valence-corrected chi connectivity index (χ1v) is 12.7. The first kappa shape index (κ1) is 32.5. The quantitative estimate of drug-likeness (QED) is 0.254. The van der Waals surface area contributed by atoms with E-state index in [9.17, 15) is 51.3 Å². The normalized spacial score (nSPS) is 22.9. The molecule has 1 unspecified atom stereocenters. The van der Waals surface area contributed by atoms with E-state index in [1.165, 1.54) is 20.8 Å². The second kappa shape index (κ2) is 12.2. The molecule has 0 aromatic rings. The Balaban J connectivity index is 2.35. The molecule has 0 spiro atoms. The molecule has 0 radical (unpaired) electrons. The number of amides is 4. The second-order valence-corrected chi connectivity index (χ2v) is 11.5. The fourth-order valence-electron chi connectivity index (χ4n) is 4.41. The molecule has 1 aliphatic heterocycles. The molecule has 1 saturated carbocycles. The lowest BCUT2D eigenvalue weighted by Crippen LogP contribution is -2.63. The van der Waals surface area contributed by atoms with Gasteiger partial charge in [-0.1, -0.05) is 20.8 Å². The number of carbonyl (C=O) groups excluding carboxylic acids is 3. The van der Waals surface area contributed by atoms with Crippen LogP contribution in [-0.4, -0.2) is 87.8 Å². The van der Waals surface area contributed by atoms with E-state index in [4.69, 9.17) is 0 Å². The van der Waals surface area contributed by atoms with Crippen molar-refractivity contribution < 1.29 is 51.3 Å². The molecule has 1 saturated heterocycles. The molecule has 5 N–H and O–H groups in total. The van der Waals surface area contributed by atoms with Crippen molar-refractivity contribution in [2.45, 2.75) is 109 Å². The van der Waals surface area contributed by atoms with E-state index in [1.54, 1.807) is 0 Å². The molecule has 2 rings (SSSR count). The molecule has 4 amide bonds. The van der Waals surface area contributed by atoms with Crippen LogP contribution in [0.25, 0.3) is 0 Å². The van der Waals surface area contributed by atoms with Crippen molar-refractivity contribution in [2.75, 3.05) is 6.54 Å². The summed E-state index contributed by atoms with van der Waals surface area (Å²) in [6.07, 6.45) is -9.77. The number of carboxylic acid groups (broad SMARTS) is 1. The summed E-state index contributed by atoms with van der Waals surface area (Å²) in [6, 6.07) is -4.97. The lowest BCUT2D eigenvalue weighted by molar-refractivity contribution is -0.193. The molecule has 5 atom stereocenters. The van der Waals surface area contributed by atoms with E-state index in [1.807, 2.05) is 5.32 Å². The third kappa shape index (κ3) is 9.76. The Morgan fingerprint density at radius 2 is 1.56 bits per heavy atom. The summed E-state index contributed by atoms with van der Waals surface area (Å²) in [5, 5.41) is 26.5. The third-order valence-corrected chi connectivity index (χ3v) is 6.83. The van der Waals surface area contributed by atoms with Gasteiger partial charge in [-0.05, 0) is 44.4 Å². The first-order chi connectivity index (χ1) is 17.7. The van der Waals surface area contributed by atoms with Crippen LogP contribution in [0.1, 0.15) is 66.2 Å². The number of aliphatic hydroxyl groups excluding tert-OH is 1. The summed E-state index contributed by atoms with van der Waals surface area (Å²) in [5.74, 6) is -8.24. The van der Waals surface area contributed by atoms with Crippen molar-refractivity contribution >= 4 is 23.8 Å². The van der Waals surface area contributed by atoms with Gasteiger partial charge in [-0.2, -0.15) is 13.2 Å². The molecular weight excluding hydrogens is 535 g/mol. The van der Waals surface area contributed by atoms with Crippen molar-refractivity contribution in [1.29, 1.82) is 0 Å². The highest BCUT2D eigenvalue weighted by atomic mass is 19.4. The third-order valence-electron chi connectivity index (χ3n) is 6.83. The minimum Gasteiger partial charge on any atom is -0.465 e. The molecule has 0 bridgehead atoms. The number of piperidine rings is 1. The molecule has 1 heterocycles. The topological polar surface area (TPSA) is 148 Å². The van der Waals surface area contributed by atoms with Gasteiger partial charge in [0, 0.05) is 19.0 Å². The van der Waals surface area contributed by atoms with Crippen LogP contribution in [0.15, 0.2) is 0 Å². The Hall–Kier alpha value is -2.71. The van der Waals surface area contributed by atoms with Crippen molar-refractivity contribution in [3.8, 4) is 0 Å². The number of hydrogen-bond acceptors (Lipinski definition) is 5. The predicted molar refractivity (Wildman–Crippen MR) is 128 cm³/mol. The molecule has 224 valence electrons. The van der Waals surface area contributed by atoms with Crippen molar-refractivity contribution in [2.24, 2.45) is 11.3 Å². The van der Waals surface area contributed by atoms with Gasteiger partial charge >= 0.3 is 12.3 Å². The zero-order valence-electron chi connectivity index (χ0n) is 22.3. The van der Waals surface area contributed by atoms with Gasteiger partial charge < -0.3 is 31.1 Å². The number of alkyl halides is 5. The summed E-state index contributed by atoms with van der Waals surface area (Å²) in [6.45, 7) is 4.65. The number of aliphatic hydroxyl groups is 1. The van der Waals surface area contributed by atoms with Crippen molar-refractivity contribution in [1.82, 2.24) is 20.9 Å². The standard InChI is InChI=1S/C24H37F5N4O6/c1-22(2,3)17(32-21(38)39)20(37)33-10-8-12(24(27,28)29)11-15(33)18(35)31-14(7-9-23(4,25)26)16(34)19(36)30-13-5-6-13/h12-17,32,34H,5-11H2,1-4H3,(H,30,36)(H,31,35)(H,38,39)/t12-,14+,15+,16+,17?/m1/s1. The molecule has 1 aliphatic carbocycles. The number of carbonyl (C=O) groups is 4. The SMILES string of the molecule is CC(F)(F)CC[C@H](NC(=O)[C@@H]1C[C@H](C(F)(F)F)CCN1C(=O)C(NC(=O)O)C(C)(C)C)[C@H](O)C(=O)NC1CC1. The smallest absolute Gasteiger partial charge is 0.405 e. The van der Waals surface area contributed by atoms with Gasteiger partial charge in [-0.3, -0.25) is 14.4 Å². The van der Waals surface area contributed by atoms with E-state index in [2.05, 4.69) is 10.6 Å². The monoisotopic (exact) mass is 572 g/mol. The fraction of sp³-hybridized carbons (Fsp3) is 0.833. The van der Waals surface area contributed by atoms with Crippen LogP contribution in [0.5, 0.6) is 0 Å². The Morgan fingerprint density at radius 3 is 2.03 bits per heavy atom. The molecule has 0 aromatic carbocycles. The number of nitrogens with zero attached hydrogens (tertiary/aromatic N) is 1. The van der Waals surface area contributed by atoms with Crippen LogP contribution in [-0.2, 0) is 14.4 Å². The number of rotatable bonds is 10. The van der Waals surface area contributed by atoms with Gasteiger partial charge in [0.25, 0.3) is 5.91 Å². The van der Waals surface area contributed by atoms with E-state index in [0.717, 1.165) is 4.90 Å². The van der Waals surface area contributed by atoms with Gasteiger partial charge in [0.15, 0.2) is 6.10 Å². The zero-order chi connectivity index (χ0) is 29.9. The Labute approximate surface area is 223 Å². The Kier molecular flexibility index (Phi) is 10.2. The van der Waals surface area contributed by atoms with E-state index >= 15 is 0 Å². The van der Waals surface area contributed by atoms with Crippen LogP contribution in [0.2, 0.25) is 0 Å². The maximum Gasteiger partial charge on any atom is 0.405 e. The Bertz CT molecular complexity index is 916. The molecule has 15 heteroatoms. The number of hydrogen-bond donors (Lipinski definition) is 5. The summed E-state index contributed by atoms with van der Waals surface area (Å²) >= 11 is 0. The van der Waals surface area contributed by atoms with Crippen LogP contribution in [0.3, 0.4) is 0 Å². The van der Waals surface area contributed by atoms with Crippen LogP contribution < -0.4 is 16.0 Å². The molecule has 0 aromatic heterocycles. The molecule has 2 fully saturated rings. The van der Waals surface area contributed by atoms with Crippen molar-refractivity contribution in [3.63, 3.8) is 0 Å². The maximum absolute atomic E-state index is 13.6. The average Bonchev–Trinajstić information content (AvgIpc) is 3.60. The minimum absolute atomic E-state index is 0.203. The van der Waals surface area contributed by atoms with Crippen LogP contribution >= 0.6 is 0 Å². The fourth-order valence-corrected chi connectivity index (χ4v) is 4.41. The predicted octanol–water partition coefficient (Wildman–Crippen LogP) is 2.40. The molecule has 2 aliphatic rings. The molecular formula is C24H37F5N4O6. The van der Waals surface area contributed by atoms with Crippen molar-refractivity contribution in [3.05, 3.63) is 0 Å². The van der Waals surface area contributed by atoms with Gasteiger partial charge in [0.05, 0.1) is 12.0 Å². The Morgan fingerprint density at radius 1 is 0.974 bits per heavy atom. The number of likely N-dealkylation sites (tertiary alicyclic amines) is 1. The van der Waals surface area contributed by atoms with E-state index in [0.29, 0.717) is 19.8 Å². The number of halogens is 5. The number of nitrogens with one attached hydrogen (secondary N) is 3. The van der Waals surface area contributed by atoms with E-state index < -0.39 is 104 Å². The first-order valence-electron chi connectivity index (χ1n) is 12.7. The molecule has 10 nitrogen and oxygen atoms in total. The average molecular weight is 573 g/mol. The summed E-state index contributed by atoms with van der Waals surface area (Å²) in [7, 11) is 0. The maximum atomic E-state index is 13.6. The highest BCUT2D eigenvalue weighted by Gasteiger charge is 2.49. The largest absolute Gasteiger partial charge is 0.465 e.